The molecule has 0 aliphatic heterocycles. The van der Waals surface area contributed by atoms with E-state index < -0.39 is 17.6 Å². The van der Waals surface area contributed by atoms with Crippen molar-refractivity contribution >= 4 is 23.3 Å². The lowest BCUT2D eigenvalue weighted by Gasteiger charge is -2.22. The van der Waals surface area contributed by atoms with Crippen LogP contribution in [0.5, 0.6) is 5.75 Å². The molecule has 0 unspecified atom stereocenters. The number of ketones is 1. The van der Waals surface area contributed by atoms with E-state index in [0.29, 0.717) is 17.0 Å². The van der Waals surface area contributed by atoms with Crippen LogP contribution in [0, 0.1) is 5.82 Å². The fraction of sp³-hybridized carbons (Fsp3) is 0.211. The number of hydrogen-bond donors (Lipinski definition) is 1. The average molecular weight is 358 g/mol. The molecule has 0 saturated carbocycles. The quantitative estimate of drug-likeness (QED) is 0.733. The summed E-state index contributed by atoms with van der Waals surface area (Å²) >= 11 is 0. The monoisotopic (exact) mass is 358 g/mol. The Hall–Kier alpha value is -3.22. The predicted molar refractivity (Wildman–Crippen MR) is 94.5 cm³/mol. The summed E-state index contributed by atoms with van der Waals surface area (Å²) in [5.74, 6) is -1.03. The van der Waals surface area contributed by atoms with Gasteiger partial charge in [-0.3, -0.25) is 14.4 Å². The molecule has 7 heteroatoms. The first kappa shape index (κ1) is 19.1. The van der Waals surface area contributed by atoms with Gasteiger partial charge in [-0.05, 0) is 55.5 Å². The SMILES string of the molecule is CC(=O)c1ccc(OCC(=O)N(CCC(N)=O)c2ccc(F)cc2)cc1. The van der Waals surface area contributed by atoms with Crippen molar-refractivity contribution in [3.8, 4) is 5.75 Å². The molecule has 2 aromatic rings. The largest absolute Gasteiger partial charge is 0.484 e. The first-order valence-corrected chi connectivity index (χ1v) is 7.95. The minimum absolute atomic E-state index is 0.0313. The van der Waals surface area contributed by atoms with Crippen LogP contribution in [0.4, 0.5) is 10.1 Å². The lowest BCUT2D eigenvalue weighted by molar-refractivity contribution is -0.120. The molecule has 0 spiro atoms. The lowest BCUT2D eigenvalue weighted by atomic mass is 10.1. The second-order valence-corrected chi connectivity index (χ2v) is 5.61. The van der Waals surface area contributed by atoms with E-state index in [1.807, 2.05) is 0 Å². The van der Waals surface area contributed by atoms with Crippen LogP contribution < -0.4 is 15.4 Å². The highest BCUT2D eigenvalue weighted by molar-refractivity contribution is 5.95. The number of primary amides is 1. The van der Waals surface area contributed by atoms with E-state index in [1.54, 1.807) is 24.3 Å². The molecule has 136 valence electrons. The molecule has 0 radical (unpaired) electrons. The maximum absolute atomic E-state index is 13.1. The van der Waals surface area contributed by atoms with Crippen LogP contribution in [0.15, 0.2) is 48.5 Å². The number of nitrogens with two attached hydrogens (primary N) is 1. The molecule has 0 saturated heterocycles. The summed E-state index contributed by atoms with van der Waals surface area (Å²) in [5.41, 5.74) is 6.13. The molecule has 2 amide bonds. The normalized spacial score (nSPS) is 10.2. The van der Waals surface area contributed by atoms with Crippen molar-refractivity contribution < 1.29 is 23.5 Å². The maximum atomic E-state index is 13.1. The average Bonchev–Trinajstić information content (AvgIpc) is 2.61. The minimum atomic E-state index is -0.550. The number of amides is 2. The molecule has 2 N–H and O–H groups in total. The Morgan fingerprint density at radius 3 is 2.19 bits per heavy atom. The molecule has 0 aliphatic rings. The first-order valence-electron chi connectivity index (χ1n) is 7.95. The third-order valence-corrected chi connectivity index (χ3v) is 3.64. The van der Waals surface area contributed by atoms with Gasteiger partial charge in [-0.15, -0.1) is 0 Å². The Labute approximate surface area is 150 Å². The number of rotatable bonds is 8. The highest BCUT2D eigenvalue weighted by Crippen LogP contribution is 2.17. The number of carbonyl (C=O) groups excluding carboxylic acids is 3. The number of nitrogens with zero attached hydrogens (tertiary/aromatic N) is 1. The van der Waals surface area contributed by atoms with Gasteiger partial charge in [0, 0.05) is 24.2 Å². The van der Waals surface area contributed by atoms with E-state index >= 15 is 0 Å². The summed E-state index contributed by atoms with van der Waals surface area (Å²) in [7, 11) is 0. The summed E-state index contributed by atoms with van der Waals surface area (Å²) in [4.78, 5) is 36.1. The van der Waals surface area contributed by atoms with Gasteiger partial charge in [0.05, 0.1) is 0 Å². The first-order chi connectivity index (χ1) is 12.4. The van der Waals surface area contributed by atoms with Crippen LogP contribution in [0.3, 0.4) is 0 Å². The molecule has 0 aromatic heterocycles. The van der Waals surface area contributed by atoms with Crippen LogP contribution in [0.1, 0.15) is 23.7 Å². The number of halogens is 1. The molecular formula is C19H19FN2O4. The Kier molecular flexibility index (Phi) is 6.43. The number of ether oxygens (including phenoxy) is 1. The summed E-state index contributed by atoms with van der Waals surface area (Å²) in [6.07, 6.45) is -0.0313. The fourth-order valence-corrected chi connectivity index (χ4v) is 2.25. The second-order valence-electron chi connectivity index (χ2n) is 5.61. The predicted octanol–water partition coefficient (Wildman–Crippen LogP) is 2.32. The van der Waals surface area contributed by atoms with Gasteiger partial charge in [0.2, 0.25) is 5.91 Å². The molecule has 26 heavy (non-hydrogen) atoms. The second kappa shape index (κ2) is 8.75. The van der Waals surface area contributed by atoms with Crippen molar-refractivity contribution in [1.29, 1.82) is 0 Å². The van der Waals surface area contributed by atoms with Gasteiger partial charge in [0.25, 0.3) is 5.91 Å². The summed E-state index contributed by atoms with van der Waals surface area (Å²) in [5, 5.41) is 0. The number of Topliss-reactive ketones (excluding diaryl/α,β-unsaturated/α-hetero) is 1. The van der Waals surface area contributed by atoms with Gasteiger partial charge in [-0.2, -0.15) is 0 Å². The van der Waals surface area contributed by atoms with E-state index in [9.17, 15) is 18.8 Å². The van der Waals surface area contributed by atoms with Gasteiger partial charge in [-0.25, -0.2) is 4.39 Å². The number of hydrogen-bond acceptors (Lipinski definition) is 4. The molecule has 0 bridgehead atoms. The Balaban J connectivity index is 2.06. The minimum Gasteiger partial charge on any atom is -0.484 e. The Morgan fingerprint density at radius 1 is 1.04 bits per heavy atom. The van der Waals surface area contributed by atoms with Gasteiger partial charge in [0.15, 0.2) is 12.4 Å². The third kappa shape index (κ3) is 5.41. The zero-order valence-corrected chi connectivity index (χ0v) is 14.3. The standard InChI is InChI=1S/C19H19FN2O4/c1-13(23)14-2-8-17(9-3-14)26-12-19(25)22(11-10-18(21)24)16-6-4-15(20)5-7-16/h2-9H,10-12H2,1H3,(H2,21,24). The summed E-state index contributed by atoms with van der Waals surface area (Å²) in [6.45, 7) is 1.24. The molecule has 0 atom stereocenters. The zero-order chi connectivity index (χ0) is 19.1. The molecular weight excluding hydrogens is 339 g/mol. The van der Waals surface area contributed by atoms with Crippen molar-refractivity contribution in [2.45, 2.75) is 13.3 Å². The highest BCUT2D eigenvalue weighted by Gasteiger charge is 2.17. The topological polar surface area (TPSA) is 89.7 Å². The lowest BCUT2D eigenvalue weighted by Crippen LogP contribution is -2.37. The highest BCUT2D eigenvalue weighted by atomic mass is 19.1. The van der Waals surface area contributed by atoms with Gasteiger partial charge in [-0.1, -0.05) is 0 Å². The third-order valence-electron chi connectivity index (χ3n) is 3.64. The summed E-state index contributed by atoms with van der Waals surface area (Å²) in [6, 6.07) is 11.7. The van der Waals surface area contributed by atoms with Crippen LogP contribution >= 0.6 is 0 Å². The number of benzene rings is 2. The number of carbonyl (C=O) groups is 3. The molecule has 6 nitrogen and oxygen atoms in total. The van der Waals surface area contributed by atoms with E-state index in [4.69, 9.17) is 10.5 Å². The zero-order valence-electron chi connectivity index (χ0n) is 14.3. The molecule has 2 rings (SSSR count). The Bertz CT molecular complexity index is 788. The van der Waals surface area contributed by atoms with E-state index in [2.05, 4.69) is 0 Å². The van der Waals surface area contributed by atoms with Crippen molar-refractivity contribution in [2.24, 2.45) is 5.73 Å². The molecule has 0 heterocycles. The van der Waals surface area contributed by atoms with Crippen LogP contribution in [0.2, 0.25) is 0 Å². The van der Waals surface area contributed by atoms with Crippen molar-refractivity contribution in [3.63, 3.8) is 0 Å². The molecule has 0 aliphatic carbocycles. The van der Waals surface area contributed by atoms with E-state index in [0.717, 1.165) is 0 Å². The molecule has 2 aromatic carbocycles. The van der Waals surface area contributed by atoms with E-state index in [-0.39, 0.29) is 25.4 Å². The van der Waals surface area contributed by atoms with Crippen molar-refractivity contribution in [2.75, 3.05) is 18.1 Å². The van der Waals surface area contributed by atoms with Crippen molar-refractivity contribution in [3.05, 3.63) is 59.9 Å². The van der Waals surface area contributed by atoms with Crippen LogP contribution in [0.25, 0.3) is 0 Å². The van der Waals surface area contributed by atoms with Crippen LogP contribution in [-0.2, 0) is 9.59 Å². The van der Waals surface area contributed by atoms with Gasteiger partial charge in [0.1, 0.15) is 11.6 Å². The van der Waals surface area contributed by atoms with E-state index in [1.165, 1.54) is 36.1 Å². The smallest absolute Gasteiger partial charge is 0.264 e. The maximum Gasteiger partial charge on any atom is 0.264 e. The van der Waals surface area contributed by atoms with Gasteiger partial charge < -0.3 is 15.4 Å². The van der Waals surface area contributed by atoms with Crippen LogP contribution in [-0.4, -0.2) is 30.7 Å². The summed E-state index contributed by atoms with van der Waals surface area (Å²) < 4.78 is 18.5. The van der Waals surface area contributed by atoms with Crippen molar-refractivity contribution in [1.82, 2.24) is 0 Å². The molecule has 0 fully saturated rings. The fourth-order valence-electron chi connectivity index (χ4n) is 2.25. The number of anilines is 1. The van der Waals surface area contributed by atoms with Gasteiger partial charge >= 0.3 is 0 Å². The Morgan fingerprint density at radius 2 is 1.65 bits per heavy atom.